The Morgan fingerprint density at radius 1 is 1.40 bits per heavy atom. The highest BCUT2D eigenvalue weighted by Gasteiger charge is 2.26. The van der Waals surface area contributed by atoms with Gasteiger partial charge < -0.3 is 5.11 Å². The zero-order chi connectivity index (χ0) is 14.1. The summed E-state index contributed by atoms with van der Waals surface area (Å²) in [7, 11) is 0. The fraction of sp³-hybridized carbons (Fsp3) is 0.600. The lowest BCUT2D eigenvalue weighted by molar-refractivity contribution is 0.110. The lowest BCUT2D eigenvalue weighted by Crippen LogP contribution is -2.45. The Hall–Kier alpha value is -1.62. The van der Waals surface area contributed by atoms with E-state index in [1.807, 2.05) is 6.20 Å². The number of aromatic nitrogens is 3. The predicted octanol–water partition coefficient (Wildman–Crippen LogP) is 2.24. The summed E-state index contributed by atoms with van der Waals surface area (Å²) in [5.41, 5.74) is 0.550. The van der Waals surface area contributed by atoms with Crippen LogP contribution in [0.5, 0.6) is 5.75 Å². The molecule has 0 aliphatic carbocycles. The van der Waals surface area contributed by atoms with Gasteiger partial charge in [0.25, 0.3) is 0 Å². The number of aromatic hydroxyl groups is 1. The Morgan fingerprint density at radius 2 is 2.25 bits per heavy atom. The van der Waals surface area contributed by atoms with Crippen LogP contribution in [0.15, 0.2) is 18.3 Å². The van der Waals surface area contributed by atoms with Gasteiger partial charge in [-0.2, -0.15) is 5.10 Å². The molecule has 3 heterocycles. The molecule has 1 unspecified atom stereocenters. The molecule has 2 aromatic heterocycles. The minimum Gasteiger partial charge on any atom is -0.504 e. The third-order valence-corrected chi connectivity index (χ3v) is 4.14. The van der Waals surface area contributed by atoms with Gasteiger partial charge in [-0.05, 0) is 45.4 Å². The first-order chi connectivity index (χ1) is 9.65. The second-order valence-electron chi connectivity index (χ2n) is 5.87. The van der Waals surface area contributed by atoms with E-state index in [-0.39, 0.29) is 5.75 Å². The van der Waals surface area contributed by atoms with E-state index < -0.39 is 0 Å². The normalized spacial score (nSPS) is 20.9. The van der Waals surface area contributed by atoms with Crippen LogP contribution in [0.3, 0.4) is 0 Å². The summed E-state index contributed by atoms with van der Waals surface area (Å²) in [6.45, 7) is 5.67. The molecule has 1 aliphatic rings. The number of pyridine rings is 1. The fourth-order valence-electron chi connectivity index (χ4n) is 3.16. The Morgan fingerprint density at radius 3 is 3.00 bits per heavy atom. The van der Waals surface area contributed by atoms with E-state index in [9.17, 15) is 5.11 Å². The summed E-state index contributed by atoms with van der Waals surface area (Å²) < 4.78 is 1.66. The topological polar surface area (TPSA) is 53.7 Å². The fourth-order valence-corrected chi connectivity index (χ4v) is 3.16. The van der Waals surface area contributed by atoms with Gasteiger partial charge in [-0.3, -0.25) is 4.90 Å². The number of fused-ring (bicyclic) bond motifs is 1. The number of rotatable bonds is 3. The van der Waals surface area contributed by atoms with Crippen molar-refractivity contribution in [2.75, 3.05) is 6.54 Å². The largest absolute Gasteiger partial charge is 0.504 e. The van der Waals surface area contributed by atoms with Crippen LogP contribution in [-0.4, -0.2) is 43.2 Å². The lowest BCUT2D eigenvalue weighted by Gasteiger charge is -2.38. The van der Waals surface area contributed by atoms with E-state index in [4.69, 9.17) is 0 Å². The summed E-state index contributed by atoms with van der Waals surface area (Å²) in [5, 5.41) is 14.3. The predicted molar refractivity (Wildman–Crippen MR) is 77.8 cm³/mol. The van der Waals surface area contributed by atoms with Crippen molar-refractivity contribution in [2.45, 2.75) is 51.6 Å². The number of nitrogens with zero attached hydrogens (tertiary/aromatic N) is 4. The molecule has 5 heteroatoms. The summed E-state index contributed by atoms with van der Waals surface area (Å²) in [6.07, 6.45) is 6.46. The van der Waals surface area contributed by atoms with Gasteiger partial charge in [-0.15, -0.1) is 0 Å². The summed E-state index contributed by atoms with van der Waals surface area (Å²) >= 11 is 0. The van der Waals surface area contributed by atoms with Crippen LogP contribution in [0, 0.1) is 0 Å². The molecule has 1 fully saturated rings. The highest BCUT2D eigenvalue weighted by Crippen LogP contribution is 2.23. The summed E-state index contributed by atoms with van der Waals surface area (Å²) in [6, 6.07) is 4.51. The van der Waals surface area contributed by atoms with Crippen molar-refractivity contribution >= 4 is 5.65 Å². The molecule has 2 aromatic rings. The molecule has 1 atom stereocenters. The zero-order valence-electron chi connectivity index (χ0n) is 12.2. The average molecular weight is 274 g/mol. The molecule has 20 heavy (non-hydrogen) atoms. The monoisotopic (exact) mass is 274 g/mol. The molecule has 5 nitrogen and oxygen atoms in total. The summed E-state index contributed by atoms with van der Waals surface area (Å²) in [4.78, 5) is 7.03. The molecule has 1 aliphatic heterocycles. The van der Waals surface area contributed by atoms with Crippen molar-refractivity contribution in [3.05, 3.63) is 24.2 Å². The van der Waals surface area contributed by atoms with E-state index in [0.29, 0.717) is 17.7 Å². The number of piperidine rings is 1. The summed E-state index contributed by atoms with van der Waals surface area (Å²) in [5.74, 6) is 1.01. The van der Waals surface area contributed by atoms with Crippen molar-refractivity contribution in [1.82, 2.24) is 19.5 Å². The maximum Gasteiger partial charge on any atom is 0.197 e. The van der Waals surface area contributed by atoms with Crippen LogP contribution in [0.2, 0.25) is 0 Å². The molecule has 0 saturated carbocycles. The van der Waals surface area contributed by atoms with Gasteiger partial charge in [-0.1, -0.05) is 6.42 Å². The van der Waals surface area contributed by atoms with Gasteiger partial charge in [-0.25, -0.2) is 9.50 Å². The number of hydrogen-bond donors (Lipinski definition) is 1. The minimum atomic E-state index is 0.190. The van der Waals surface area contributed by atoms with Crippen LogP contribution >= 0.6 is 0 Å². The Bertz CT molecular complexity index is 593. The smallest absolute Gasteiger partial charge is 0.197 e. The van der Waals surface area contributed by atoms with Crippen molar-refractivity contribution in [3.8, 4) is 5.75 Å². The molecule has 0 spiro atoms. The molecule has 108 valence electrons. The molecule has 0 aromatic carbocycles. The van der Waals surface area contributed by atoms with Gasteiger partial charge >= 0.3 is 0 Å². The van der Waals surface area contributed by atoms with Crippen LogP contribution in [0.1, 0.15) is 38.9 Å². The molecule has 1 saturated heterocycles. The lowest BCUT2D eigenvalue weighted by atomic mass is 9.97. The maximum atomic E-state index is 9.80. The zero-order valence-corrected chi connectivity index (χ0v) is 12.2. The van der Waals surface area contributed by atoms with Crippen LogP contribution in [0.4, 0.5) is 0 Å². The van der Waals surface area contributed by atoms with Crippen molar-refractivity contribution < 1.29 is 5.11 Å². The molecule has 0 bridgehead atoms. The second-order valence-corrected chi connectivity index (χ2v) is 5.87. The van der Waals surface area contributed by atoms with Gasteiger partial charge in [0.05, 0.1) is 0 Å². The van der Waals surface area contributed by atoms with E-state index in [1.165, 1.54) is 25.8 Å². The molecule has 3 rings (SSSR count). The van der Waals surface area contributed by atoms with Gasteiger partial charge in [0.15, 0.2) is 17.2 Å². The number of likely N-dealkylation sites (tertiary alicyclic amines) is 1. The molecular formula is C15H22N4O. The van der Waals surface area contributed by atoms with Gasteiger partial charge in [0.1, 0.15) is 0 Å². The SMILES string of the molecule is CC(C)N1CCCCC1Cc1nc2c(O)cccn2n1. The minimum absolute atomic E-state index is 0.190. The van der Waals surface area contributed by atoms with Crippen LogP contribution in [0.25, 0.3) is 5.65 Å². The standard InChI is InChI=1S/C15H22N4O/c1-11(2)18-8-4-3-6-12(18)10-14-16-15-13(20)7-5-9-19(15)17-14/h5,7,9,11-12,20H,3-4,6,8,10H2,1-2H3. The van der Waals surface area contributed by atoms with E-state index in [0.717, 1.165) is 12.2 Å². The van der Waals surface area contributed by atoms with Crippen molar-refractivity contribution in [1.29, 1.82) is 0 Å². The molecule has 1 N–H and O–H groups in total. The first kappa shape index (κ1) is 13.4. The Labute approximate surface area is 119 Å². The highest BCUT2D eigenvalue weighted by molar-refractivity contribution is 5.51. The van der Waals surface area contributed by atoms with E-state index in [2.05, 4.69) is 28.8 Å². The Balaban J connectivity index is 1.82. The van der Waals surface area contributed by atoms with Crippen molar-refractivity contribution in [2.24, 2.45) is 0 Å². The molecular weight excluding hydrogens is 252 g/mol. The maximum absolute atomic E-state index is 9.80. The average Bonchev–Trinajstić information content (AvgIpc) is 2.83. The third-order valence-electron chi connectivity index (χ3n) is 4.14. The Kier molecular flexibility index (Phi) is 3.61. The molecule has 0 radical (unpaired) electrons. The first-order valence-corrected chi connectivity index (χ1v) is 7.44. The van der Waals surface area contributed by atoms with Crippen LogP contribution < -0.4 is 0 Å². The van der Waals surface area contributed by atoms with Gasteiger partial charge in [0, 0.05) is 24.7 Å². The highest BCUT2D eigenvalue weighted by atomic mass is 16.3. The second kappa shape index (κ2) is 5.40. The van der Waals surface area contributed by atoms with Gasteiger partial charge in [0.2, 0.25) is 0 Å². The van der Waals surface area contributed by atoms with E-state index in [1.54, 1.807) is 16.6 Å². The van der Waals surface area contributed by atoms with Crippen LogP contribution in [-0.2, 0) is 6.42 Å². The molecule has 0 amide bonds. The van der Waals surface area contributed by atoms with E-state index >= 15 is 0 Å². The quantitative estimate of drug-likeness (QED) is 0.932. The third kappa shape index (κ3) is 2.50. The van der Waals surface area contributed by atoms with Crippen molar-refractivity contribution in [3.63, 3.8) is 0 Å². The number of hydrogen-bond acceptors (Lipinski definition) is 4. The first-order valence-electron chi connectivity index (χ1n) is 7.44.